The molecule has 2 aromatic rings. The molecule has 2 nitrogen and oxygen atoms in total. The van der Waals surface area contributed by atoms with E-state index in [4.69, 9.17) is 0 Å². The summed E-state index contributed by atoms with van der Waals surface area (Å²) in [5.74, 6) is -3.77. The largest absolute Gasteiger partial charge is 0.458 e. The molecular weight excluding hydrogens is 240 g/mol. The van der Waals surface area contributed by atoms with Gasteiger partial charge in [0, 0.05) is 10.9 Å². The number of para-hydroxylation sites is 1. The van der Waals surface area contributed by atoms with Gasteiger partial charge >= 0.3 is 12.0 Å². The van der Waals surface area contributed by atoms with E-state index in [0.29, 0.717) is 0 Å². The lowest BCUT2D eigenvalue weighted by Crippen LogP contribution is -2.22. The Morgan fingerprint density at radius 3 is 2.47 bits per heavy atom. The van der Waals surface area contributed by atoms with E-state index in [-0.39, 0.29) is 16.5 Å². The minimum atomic E-state index is -5.03. The van der Waals surface area contributed by atoms with E-state index < -0.39 is 23.5 Å². The van der Waals surface area contributed by atoms with E-state index in [1.807, 2.05) is 0 Å². The molecule has 0 saturated heterocycles. The number of aryl methyl sites for hydroxylation is 1. The third-order valence-corrected chi connectivity index (χ3v) is 2.38. The fourth-order valence-corrected chi connectivity index (χ4v) is 1.55. The third kappa shape index (κ3) is 1.79. The molecule has 1 heterocycles. The number of furan rings is 1. The first-order chi connectivity index (χ1) is 7.82. The second-order valence-corrected chi connectivity index (χ2v) is 3.50. The summed E-state index contributed by atoms with van der Waals surface area (Å²) in [6.45, 7) is 1.28. The summed E-state index contributed by atoms with van der Waals surface area (Å²) in [6, 6.07) is 3.78. The van der Waals surface area contributed by atoms with Gasteiger partial charge in [0.15, 0.2) is 17.2 Å². The Morgan fingerprint density at radius 2 is 1.94 bits per heavy atom. The van der Waals surface area contributed by atoms with Gasteiger partial charge in [0.25, 0.3) is 0 Å². The standard InChI is InChI=1S/C11H6F4O2/c1-5-6-3-2-4-7(12)9(6)17-8(5)10(16)11(13,14)15/h2-4H,1H3. The van der Waals surface area contributed by atoms with Crippen LogP contribution in [0.3, 0.4) is 0 Å². The number of alkyl halides is 3. The summed E-state index contributed by atoms with van der Waals surface area (Å²) in [7, 11) is 0. The highest BCUT2D eigenvalue weighted by atomic mass is 19.4. The number of carbonyl (C=O) groups is 1. The van der Waals surface area contributed by atoms with Crippen LogP contribution in [-0.2, 0) is 0 Å². The first-order valence-electron chi connectivity index (χ1n) is 4.61. The number of hydrogen-bond acceptors (Lipinski definition) is 2. The Labute approximate surface area is 92.8 Å². The molecular formula is C11H6F4O2. The van der Waals surface area contributed by atoms with Crippen molar-refractivity contribution >= 4 is 16.8 Å². The smallest absolute Gasteiger partial charge is 0.449 e. The van der Waals surface area contributed by atoms with Crippen molar-refractivity contribution in [1.29, 1.82) is 0 Å². The lowest BCUT2D eigenvalue weighted by atomic mass is 10.1. The molecule has 17 heavy (non-hydrogen) atoms. The zero-order valence-corrected chi connectivity index (χ0v) is 8.56. The van der Waals surface area contributed by atoms with Gasteiger partial charge < -0.3 is 4.42 Å². The second-order valence-electron chi connectivity index (χ2n) is 3.50. The maximum Gasteiger partial charge on any atom is 0.458 e. The van der Waals surface area contributed by atoms with Gasteiger partial charge in [0.1, 0.15) is 0 Å². The molecule has 1 aromatic carbocycles. The van der Waals surface area contributed by atoms with Crippen molar-refractivity contribution in [2.45, 2.75) is 13.1 Å². The van der Waals surface area contributed by atoms with Crippen molar-refractivity contribution < 1.29 is 26.8 Å². The molecule has 2 rings (SSSR count). The summed E-state index contributed by atoms with van der Waals surface area (Å²) in [5, 5.41) is 0.164. The number of rotatable bonds is 1. The first-order valence-corrected chi connectivity index (χ1v) is 4.61. The summed E-state index contributed by atoms with van der Waals surface area (Å²) in [6.07, 6.45) is -5.03. The summed E-state index contributed by atoms with van der Waals surface area (Å²) in [5.41, 5.74) is -0.348. The van der Waals surface area contributed by atoms with Crippen molar-refractivity contribution in [3.8, 4) is 0 Å². The zero-order chi connectivity index (χ0) is 12.8. The Kier molecular flexibility index (Phi) is 2.45. The van der Waals surface area contributed by atoms with Crippen molar-refractivity contribution in [3.05, 3.63) is 35.3 Å². The van der Waals surface area contributed by atoms with Crippen molar-refractivity contribution in [2.24, 2.45) is 0 Å². The molecule has 0 radical (unpaired) electrons. The molecule has 0 saturated carbocycles. The molecule has 0 N–H and O–H groups in total. The normalized spacial score (nSPS) is 12.1. The zero-order valence-electron chi connectivity index (χ0n) is 8.56. The molecule has 0 amide bonds. The number of ketones is 1. The quantitative estimate of drug-likeness (QED) is 0.568. The van der Waals surface area contributed by atoms with Gasteiger partial charge in [-0.2, -0.15) is 13.2 Å². The summed E-state index contributed by atoms with van der Waals surface area (Å²) < 4.78 is 54.6. The Hall–Kier alpha value is -1.85. The first kappa shape index (κ1) is 11.6. The highest BCUT2D eigenvalue weighted by Crippen LogP contribution is 2.31. The average Bonchev–Trinajstić information content (AvgIpc) is 2.56. The van der Waals surface area contributed by atoms with Crippen LogP contribution in [0, 0.1) is 12.7 Å². The molecule has 0 unspecified atom stereocenters. The fraction of sp³-hybridized carbons (Fsp3) is 0.182. The van der Waals surface area contributed by atoms with E-state index in [1.165, 1.54) is 19.1 Å². The van der Waals surface area contributed by atoms with Gasteiger partial charge in [0.05, 0.1) is 0 Å². The van der Waals surface area contributed by atoms with E-state index in [9.17, 15) is 22.4 Å². The van der Waals surface area contributed by atoms with Gasteiger partial charge in [0.2, 0.25) is 0 Å². The van der Waals surface area contributed by atoms with Gasteiger partial charge in [-0.05, 0) is 13.0 Å². The number of benzene rings is 1. The predicted molar refractivity (Wildman–Crippen MR) is 51.3 cm³/mol. The van der Waals surface area contributed by atoms with Gasteiger partial charge in [-0.1, -0.05) is 12.1 Å². The Bertz CT molecular complexity index is 595. The molecule has 0 bridgehead atoms. The fourth-order valence-electron chi connectivity index (χ4n) is 1.55. The van der Waals surface area contributed by atoms with E-state index in [1.54, 1.807) is 0 Å². The highest BCUT2D eigenvalue weighted by molar-refractivity contribution is 6.03. The van der Waals surface area contributed by atoms with Crippen LogP contribution >= 0.6 is 0 Å². The number of carbonyl (C=O) groups excluding carboxylic acids is 1. The van der Waals surface area contributed by atoms with Crippen LogP contribution in [0.1, 0.15) is 16.1 Å². The minimum absolute atomic E-state index is 0.0122. The summed E-state index contributed by atoms with van der Waals surface area (Å²) >= 11 is 0. The minimum Gasteiger partial charge on any atom is -0.449 e. The van der Waals surface area contributed by atoms with E-state index in [2.05, 4.69) is 4.42 Å². The van der Waals surface area contributed by atoms with Crippen LogP contribution in [0.5, 0.6) is 0 Å². The predicted octanol–water partition coefficient (Wildman–Crippen LogP) is 3.63. The molecule has 0 atom stereocenters. The monoisotopic (exact) mass is 246 g/mol. The average molecular weight is 246 g/mol. The van der Waals surface area contributed by atoms with Gasteiger partial charge in [-0.15, -0.1) is 0 Å². The molecule has 0 spiro atoms. The molecule has 0 aliphatic rings. The number of hydrogen-bond donors (Lipinski definition) is 0. The maximum absolute atomic E-state index is 13.3. The molecule has 1 aromatic heterocycles. The second kappa shape index (κ2) is 3.58. The van der Waals surface area contributed by atoms with Gasteiger partial charge in [-0.3, -0.25) is 4.79 Å². The maximum atomic E-state index is 13.3. The van der Waals surface area contributed by atoms with Crippen molar-refractivity contribution in [3.63, 3.8) is 0 Å². The lowest BCUT2D eigenvalue weighted by Gasteiger charge is -2.02. The molecule has 6 heteroatoms. The molecule has 0 aliphatic carbocycles. The topological polar surface area (TPSA) is 30.2 Å². The van der Waals surface area contributed by atoms with Gasteiger partial charge in [-0.25, -0.2) is 4.39 Å². The number of fused-ring (bicyclic) bond motifs is 1. The van der Waals surface area contributed by atoms with Crippen molar-refractivity contribution in [1.82, 2.24) is 0 Å². The van der Waals surface area contributed by atoms with Crippen LogP contribution in [0.25, 0.3) is 11.0 Å². The van der Waals surface area contributed by atoms with Crippen LogP contribution < -0.4 is 0 Å². The molecule has 90 valence electrons. The Balaban J connectivity index is 2.69. The van der Waals surface area contributed by atoms with Crippen LogP contribution in [0.2, 0.25) is 0 Å². The van der Waals surface area contributed by atoms with Crippen LogP contribution in [-0.4, -0.2) is 12.0 Å². The van der Waals surface area contributed by atoms with Crippen molar-refractivity contribution in [2.75, 3.05) is 0 Å². The van der Waals surface area contributed by atoms with E-state index in [0.717, 1.165) is 6.07 Å². The lowest BCUT2D eigenvalue weighted by molar-refractivity contribution is -0.0899. The summed E-state index contributed by atoms with van der Waals surface area (Å²) in [4.78, 5) is 11.0. The van der Waals surface area contributed by atoms with Crippen LogP contribution in [0.4, 0.5) is 17.6 Å². The highest BCUT2D eigenvalue weighted by Gasteiger charge is 2.42. The third-order valence-electron chi connectivity index (χ3n) is 2.38. The van der Waals surface area contributed by atoms with E-state index >= 15 is 0 Å². The number of halogens is 4. The number of Topliss-reactive ketones (excluding diaryl/α,β-unsaturated/α-hetero) is 1. The molecule has 0 aliphatic heterocycles. The molecule has 0 fully saturated rings. The SMILES string of the molecule is Cc1c(C(=O)C(F)(F)F)oc2c(F)cccc12. The Morgan fingerprint density at radius 1 is 1.29 bits per heavy atom. The van der Waals surface area contributed by atoms with Crippen LogP contribution in [0.15, 0.2) is 22.6 Å².